The summed E-state index contributed by atoms with van der Waals surface area (Å²) in [5.41, 5.74) is 0. The van der Waals surface area contributed by atoms with Gasteiger partial charge in [-0.3, -0.25) is 0 Å². The van der Waals surface area contributed by atoms with Crippen molar-refractivity contribution in [2.24, 2.45) is 0 Å². The lowest BCUT2D eigenvalue weighted by molar-refractivity contribution is -0.0512. The molecule has 0 saturated carbocycles. The highest BCUT2D eigenvalue weighted by Gasteiger charge is 2.27. The maximum Gasteiger partial charge on any atom is 0.318 e. The Hall–Kier alpha value is -1.11. The first-order valence-electron chi connectivity index (χ1n) is 6.10. The molecule has 1 aromatic heterocycles. The second-order valence-corrected chi connectivity index (χ2v) is 4.86. The molecule has 2 heterocycles. The van der Waals surface area contributed by atoms with Crippen LogP contribution in [-0.4, -0.2) is 56.1 Å². The number of halogens is 1. The molecule has 1 aromatic rings. The molecule has 2 unspecified atom stereocenters. The summed E-state index contributed by atoms with van der Waals surface area (Å²) in [5.74, 6) is 0.671. The van der Waals surface area contributed by atoms with Gasteiger partial charge in [-0.05, 0) is 6.92 Å². The summed E-state index contributed by atoms with van der Waals surface area (Å²) in [6, 6.07) is 0.307. The fraction of sp³-hybridized carbons (Fsp3) is 0.667. The van der Waals surface area contributed by atoms with Gasteiger partial charge in [0.15, 0.2) is 5.82 Å². The molecule has 0 amide bonds. The maximum atomic E-state index is 6.16. The van der Waals surface area contributed by atoms with Crippen LogP contribution >= 0.6 is 11.6 Å². The van der Waals surface area contributed by atoms with Crippen LogP contribution in [0.3, 0.4) is 0 Å². The third-order valence-corrected chi connectivity index (χ3v) is 3.13. The first-order chi connectivity index (χ1) is 9.13. The summed E-state index contributed by atoms with van der Waals surface area (Å²) in [4.78, 5) is 10.4. The molecule has 0 bridgehead atoms. The van der Waals surface area contributed by atoms with E-state index >= 15 is 0 Å². The lowest BCUT2D eigenvalue weighted by atomic mass is 10.2. The normalized spacial score (nSPS) is 23.5. The average molecular weight is 288 g/mol. The topological polar surface area (TPSA) is 56.7 Å². The Balaban J connectivity index is 2.19. The van der Waals surface area contributed by atoms with Gasteiger partial charge in [-0.1, -0.05) is 11.6 Å². The second-order valence-electron chi connectivity index (χ2n) is 4.46. The first kappa shape index (κ1) is 14.3. The third-order valence-electron chi connectivity index (χ3n) is 2.86. The van der Waals surface area contributed by atoms with Crippen molar-refractivity contribution in [3.8, 4) is 6.01 Å². The van der Waals surface area contributed by atoms with Gasteiger partial charge in [0.05, 0.1) is 32.1 Å². The van der Waals surface area contributed by atoms with Crippen LogP contribution in [0.5, 0.6) is 6.01 Å². The second kappa shape index (κ2) is 6.36. The number of ether oxygens (including phenoxy) is 3. The zero-order chi connectivity index (χ0) is 13.8. The van der Waals surface area contributed by atoms with Gasteiger partial charge >= 0.3 is 6.01 Å². The Morgan fingerprint density at radius 2 is 2.26 bits per heavy atom. The fourth-order valence-electron chi connectivity index (χ4n) is 2.16. The summed E-state index contributed by atoms with van der Waals surface area (Å²) in [6.07, 6.45) is 1.64. The quantitative estimate of drug-likeness (QED) is 0.834. The third kappa shape index (κ3) is 3.46. The van der Waals surface area contributed by atoms with Crippen LogP contribution in [0.25, 0.3) is 0 Å². The van der Waals surface area contributed by atoms with E-state index in [-0.39, 0.29) is 12.2 Å². The van der Waals surface area contributed by atoms with Crippen LogP contribution in [0.4, 0.5) is 5.82 Å². The Bertz CT molecular complexity index is 433. The molecule has 2 rings (SSSR count). The summed E-state index contributed by atoms with van der Waals surface area (Å²) in [5, 5.41) is 0.506. The zero-order valence-corrected chi connectivity index (χ0v) is 12.1. The molecular formula is C12H18ClN3O3. The van der Waals surface area contributed by atoms with Crippen LogP contribution in [0.2, 0.25) is 5.02 Å². The molecule has 1 saturated heterocycles. The molecule has 0 aromatic carbocycles. The highest BCUT2D eigenvalue weighted by molar-refractivity contribution is 6.32. The van der Waals surface area contributed by atoms with Gasteiger partial charge in [0.1, 0.15) is 5.02 Å². The van der Waals surface area contributed by atoms with Gasteiger partial charge in [0, 0.05) is 20.2 Å². The number of aromatic nitrogens is 2. The molecule has 2 atom stereocenters. The summed E-state index contributed by atoms with van der Waals surface area (Å²) in [7, 11) is 3.19. The molecule has 106 valence electrons. The van der Waals surface area contributed by atoms with Gasteiger partial charge in [-0.25, -0.2) is 4.98 Å². The molecular weight excluding hydrogens is 270 g/mol. The summed E-state index contributed by atoms with van der Waals surface area (Å²) >= 11 is 6.16. The molecule has 1 aliphatic heterocycles. The van der Waals surface area contributed by atoms with Crippen LogP contribution in [0.1, 0.15) is 6.92 Å². The monoisotopic (exact) mass is 287 g/mol. The van der Waals surface area contributed by atoms with E-state index in [1.54, 1.807) is 13.3 Å². The van der Waals surface area contributed by atoms with Crippen molar-refractivity contribution in [2.75, 3.05) is 38.8 Å². The number of hydrogen-bond donors (Lipinski definition) is 0. The number of nitrogens with zero attached hydrogens (tertiary/aromatic N) is 3. The molecule has 7 heteroatoms. The van der Waals surface area contributed by atoms with Crippen LogP contribution in [-0.2, 0) is 9.47 Å². The highest BCUT2D eigenvalue weighted by Crippen LogP contribution is 2.27. The van der Waals surface area contributed by atoms with Crippen molar-refractivity contribution in [3.05, 3.63) is 11.2 Å². The minimum Gasteiger partial charge on any atom is -0.467 e. The van der Waals surface area contributed by atoms with Gasteiger partial charge in [0.2, 0.25) is 0 Å². The largest absolute Gasteiger partial charge is 0.467 e. The molecule has 1 fully saturated rings. The van der Waals surface area contributed by atoms with E-state index in [9.17, 15) is 0 Å². The summed E-state index contributed by atoms with van der Waals surface area (Å²) in [6.45, 7) is 3.96. The predicted molar refractivity (Wildman–Crippen MR) is 72.0 cm³/mol. The van der Waals surface area contributed by atoms with Gasteiger partial charge < -0.3 is 19.1 Å². The van der Waals surface area contributed by atoms with Gasteiger partial charge in [0.25, 0.3) is 0 Å². The fourth-order valence-corrected chi connectivity index (χ4v) is 2.37. The van der Waals surface area contributed by atoms with E-state index in [2.05, 4.69) is 14.9 Å². The van der Waals surface area contributed by atoms with E-state index in [1.165, 1.54) is 7.11 Å². The number of methoxy groups -OCH3 is 2. The molecule has 1 aliphatic rings. The number of anilines is 1. The van der Waals surface area contributed by atoms with Gasteiger partial charge in [-0.2, -0.15) is 4.98 Å². The molecule has 0 spiro atoms. The smallest absolute Gasteiger partial charge is 0.318 e. The number of hydrogen-bond acceptors (Lipinski definition) is 6. The predicted octanol–water partition coefficient (Wildman–Crippen LogP) is 1.38. The lowest BCUT2D eigenvalue weighted by Crippen LogP contribution is -2.48. The van der Waals surface area contributed by atoms with Crippen LogP contribution < -0.4 is 9.64 Å². The Labute approximate surface area is 117 Å². The van der Waals surface area contributed by atoms with E-state index in [0.29, 0.717) is 30.0 Å². The molecule has 0 radical (unpaired) electrons. The van der Waals surface area contributed by atoms with Crippen LogP contribution in [0, 0.1) is 0 Å². The number of rotatable bonds is 4. The molecule has 0 N–H and O–H groups in total. The molecule has 19 heavy (non-hydrogen) atoms. The minimum absolute atomic E-state index is 0.00535. The Morgan fingerprint density at radius 1 is 1.47 bits per heavy atom. The standard InChI is InChI=1S/C12H18ClN3O3/c1-8-5-16(6-9(19-8)7-17-2)11-10(13)4-14-12(15-11)18-3/h4,8-9H,5-7H2,1-3H3. The van der Waals surface area contributed by atoms with E-state index in [4.69, 9.17) is 25.8 Å². The Morgan fingerprint density at radius 3 is 2.95 bits per heavy atom. The molecule has 0 aliphatic carbocycles. The van der Waals surface area contributed by atoms with Crippen molar-refractivity contribution in [2.45, 2.75) is 19.1 Å². The van der Waals surface area contributed by atoms with E-state index in [1.807, 2.05) is 6.92 Å². The molecule has 6 nitrogen and oxygen atoms in total. The SMILES string of the molecule is COCC1CN(c2nc(OC)ncc2Cl)CC(C)O1. The van der Waals surface area contributed by atoms with Crippen molar-refractivity contribution in [1.82, 2.24) is 9.97 Å². The van der Waals surface area contributed by atoms with E-state index in [0.717, 1.165) is 6.54 Å². The van der Waals surface area contributed by atoms with Crippen molar-refractivity contribution in [1.29, 1.82) is 0 Å². The van der Waals surface area contributed by atoms with Crippen LogP contribution in [0.15, 0.2) is 6.20 Å². The van der Waals surface area contributed by atoms with Crippen molar-refractivity contribution >= 4 is 17.4 Å². The lowest BCUT2D eigenvalue weighted by Gasteiger charge is -2.37. The first-order valence-corrected chi connectivity index (χ1v) is 6.47. The zero-order valence-electron chi connectivity index (χ0n) is 11.3. The van der Waals surface area contributed by atoms with Crippen molar-refractivity contribution in [3.63, 3.8) is 0 Å². The minimum atomic E-state index is 0.00535. The van der Waals surface area contributed by atoms with Gasteiger partial charge in [-0.15, -0.1) is 0 Å². The maximum absolute atomic E-state index is 6.16. The number of morpholine rings is 1. The Kier molecular flexibility index (Phi) is 4.79. The van der Waals surface area contributed by atoms with Crippen molar-refractivity contribution < 1.29 is 14.2 Å². The average Bonchev–Trinajstić information content (AvgIpc) is 2.39. The van der Waals surface area contributed by atoms with E-state index < -0.39 is 0 Å². The highest BCUT2D eigenvalue weighted by atomic mass is 35.5. The summed E-state index contributed by atoms with van der Waals surface area (Å²) < 4.78 is 16.0.